The van der Waals surface area contributed by atoms with E-state index in [1.54, 1.807) is 48.7 Å². The number of ketones is 1. The van der Waals surface area contributed by atoms with Crippen LogP contribution in [0.15, 0.2) is 66.9 Å². The predicted octanol–water partition coefficient (Wildman–Crippen LogP) is 3.93. The third kappa shape index (κ3) is 2.44. The van der Waals surface area contributed by atoms with Crippen LogP contribution in [0.25, 0.3) is 10.9 Å². The molecule has 3 aromatic carbocycles. The Bertz CT molecular complexity index is 1520. The maximum Gasteiger partial charge on any atom is 0.271 e. The number of carbonyl (C=O) groups is 2. The lowest BCUT2D eigenvalue weighted by Gasteiger charge is -2.34. The highest BCUT2D eigenvalue weighted by atomic mass is 16.6. The van der Waals surface area contributed by atoms with Crippen LogP contribution in [0.2, 0.25) is 0 Å². The summed E-state index contributed by atoms with van der Waals surface area (Å²) in [5.41, 5.74) is 7.52. The van der Waals surface area contributed by atoms with Gasteiger partial charge in [0.25, 0.3) is 11.7 Å². The number of aromatic amines is 1. The molecule has 1 aromatic heterocycles. The average Bonchev–Trinajstić information content (AvgIpc) is 3.43. The van der Waals surface area contributed by atoms with E-state index in [2.05, 4.69) is 10.3 Å². The number of ether oxygens (including phenoxy) is 1. The van der Waals surface area contributed by atoms with E-state index in [1.165, 1.54) is 0 Å². The van der Waals surface area contributed by atoms with Crippen LogP contribution < -0.4 is 15.8 Å². The van der Waals surface area contributed by atoms with Crippen LogP contribution in [0.1, 0.15) is 57.2 Å². The van der Waals surface area contributed by atoms with Crippen molar-refractivity contribution < 1.29 is 19.4 Å². The van der Waals surface area contributed by atoms with Crippen molar-refractivity contribution in [3.05, 3.63) is 94.7 Å². The molecule has 0 bridgehead atoms. The van der Waals surface area contributed by atoms with Crippen LogP contribution >= 0.6 is 0 Å². The fourth-order valence-electron chi connectivity index (χ4n) is 5.18. The molecule has 0 spiro atoms. The zero-order chi connectivity index (χ0) is 23.8. The summed E-state index contributed by atoms with van der Waals surface area (Å²) in [5, 5.41) is 15.7. The van der Waals surface area contributed by atoms with Crippen LogP contribution in [-0.2, 0) is 11.3 Å². The summed E-state index contributed by atoms with van der Waals surface area (Å²) in [6.07, 6.45) is 1.79. The van der Waals surface area contributed by atoms with Gasteiger partial charge in [-0.1, -0.05) is 38.1 Å². The molecule has 4 aromatic rings. The Labute approximate surface area is 195 Å². The van der Waals surface area contributed by atoms with Gasteiger partial charge in [-0.05, 0) is 47.9 Å². The quantitative estimate of drug-likeness (QED) is 0.351. The largest absolute Gasteiger partial charge is 0.454 e. The first-order valence-electron chi connectivity index (χ1n) is 11.2. The number of hydrogen-bond donors (Lipinski definition) is 4. The molecule has 170 valence electrons. The standard InChI is InChI=1S/C27H23N3O4/c1-14(2)15-6-8-18-22(13-15)34-27(33)19-4-3-5-20(28)23(19)24(31)26(18,27)30-25(32)17-7-9-21-16(12-17)10-11-29-21/h3-14,29,33H,28H2,1-2H3,(H,30,32). The number of rotatable bonds is 3. The first-order chi connectivity index (χ1) is 16.3. The van der Waals surface area contributed by atoms with E-state index < -0.39 is 23.0 Å². The predicted molar refractivity (Wildman–Crippen MR) is 128 cm³/mol. The summed E-state index contributed by atoms with van der Waals surface area (Å²) in [6.45, 7) is 4.09. The maximum absolute atomic E-state index is 14.0. The Hall–Kier alpha value is -4.10. The molecule has 5 N–H and O–H groups in total. The maximum atomic E-state index is 14.0. The minimum Gasteiger partial charge on any atom is -0.454 e. The molecular weight excluding hydrogens is 430 g/mol. The molecule has 7 nitrogen and oxygen atoms in total. The smallest absolute Gasteiger partial charge is 0.271 e. The Morgan fingerprint density at radius 1 is 1.09 bits per heavy atom. The van der Waals surface area contributed by atoms with E-state index in [4.69, 9.17) is 10.5 Å². The SMILES string of the molecule is CC(C)c1ccc2c(c1)OC1(O)c3cccc(N)c3C(=O)C21NC(=O)c1ccc2[nH]ccc2c1. The number of amides is 1. The molecule has 6 rings (SSSR count). The van der Waals surface area contributed by atoms with Gasteiger partial charge < -0.3 is 25.9 Å². The summed E-state index contributed by atoms with van der Waals surface area (Å²) in [6, 6.07) is 17.4. The van der Waals surface area contributed by atoms with Crippen LogP contribution in [0.4, 0.5) is 5.69 Å². The van der Waals surface area contributed by atoms with Gasteiger partial charge in [0.1, 0.15) is 5.75 Å². The second-order valence-electron chi connectivity index (χ2n) is 9.24. The minimum absolute atomic E-state index is 0.157. The summed E-state index contributed by atoms with van der Waals surface area (Å²) in [7, 11) is 0. The van der Waals surface area contributed by atoms with Gasteiger partial charge in [0.2, 0.25) is 11.3 Å². The van der Waals surface area contributed by atoms with E-state index in [1.807, 2.05) is 32.0 Å². The molecule has 34 heavy (non-hydrogen) atoms. The third-order valence-electron chi connectivity index (χ3n) is 6.99. The van der Waals surface area contributed by atoms with Gasteiger partial charge >= 0.3 is 0 Å². The number of nitrogen functional groups attached to an aromatic ring is 1. The molecule has 0 fully saturated rings. The first-order valence-corrected chi connectivity index (χ1v) is 11.2. The molecule has 2 aliphatic rings. The summed E-state index contributed by atoms with van der Waals surface area (Å²) >= 11 is 0. The molecule has 2 unspecified atom stereocenters. The third-order valence-corrected chi connectivity index (χ3v) is 6.99. The van der Waals surface area contributed by atoms with Gasteiger partial charge in [0, 0.05) is 39.5 Å². The van der Waals surface area contributed by atoms with Crippen molar-refractivity contribution in [3.63, 3.8) is 0 Å². The number of aromatic nitrogens is 1. The molecule has 0 saturated heterocycles. The lowest BCUT2D eigenvalue weighted by atomic mass is 9.82. The van der Waals surface area contributed by atoms with E-state index >= 15 is 0 Å². The van der Waals surface area contributed by atoms with Crippen LogP contribution in [0.3, 0.4) is 0 Å². The molecule has 2 atom stereocenters. The highest BCUT2D eigenvalue weighted by molar-refractivity contribution is 6.16. The highest BCUT2D eigenvalue weighted by Crippen LogP contribution is 2.59. The van der Waals surface area contributed by atoms with Crippen molar-refractivity contribution in [1.82, 2.24) is 10.3 Å². The van der Waals surface area contributed by atoms with Crippen LogP contribution in [-0.4, -0.2) is 21.8 Å². The lowest BCUT2D eigenvalue weighted by molar-refractivity contribution is -0.169. The average molecular weight is 453 g/mol. The molecule has 1 amide bonds. The number of fused-ring (bicyclic) bond motifs is 6. The fourth-order valence-corrected chi connectivity index (χ4v) is 5.18. The molecular formula is C27H23N3O4. The number of benzene rings is 3. The van der Waals surface area contributed by atoms with Gasteiger partial charge in [0.05, 0.1) is 5.56 Å². The summed E-state index contributed by atoms with van der Waals surface area (Å²) in [5.74, 6) is -2.58. The minimum atomic E-state index is -2.14. The molecule has 0 saturated carbocycles. The van der Waals surface area contributed by atoms with Crippen molar-refractivity contribution in [2.45, 2.75) is 31.1 Å². The van der Waals surface area contributed by atoms with Gasteiger partial charge in [-0.2, -0.15) is 0 Å². The van der Waals surface area contributed by atoms with Crippen molar-refractivity contribution in [1.29, 1.82) is 0 Å². The molecule has 0 radical (unpaired) electrons. The lowest BCUT2D eigenvalue weighted by Crippen LogP contribution is -2.60. The zero-order valence-electron chi connectivity index (χ0n) is 18.7. The Morgan fingerprint density at radius 2 is 1.91 bits per heavy atom. The highest BCUT2D eigenvalue weighted by Gasteiger charge is 2.72. The van der Waals surface area contributed by atoms with Crippen molar-refractivity contribution in [2.75, 3.05) is 5.73 Å². The normalized spacial score (nSPS) is 22.4. The fraction of sp³-hybridized carbons (Fsp3) is 0.185. The van der Waals surface area contributed by atoms with E-state index in [-0.39, 0.29) is 22.7 Å². The number of nitrogens with one attached hydrogen (secondary N) is 2. The van der Waals surface area contributed by atoms with Gasteiger partial charge in [-0.3, -0.25) is 9.59 Å². The Balaban J connectivity index is 1.55. The number of H-pyrrole nitrogens is 1. The number of nitrogens with two attached hydrogens (primary N) is 1. The number of anilines is 1. The Morgan fingerprint density at radius 3 is 2.71 bits per heavy atom. The molecule has 1 aliphatic heterocycles. The summed E-state index contributed by atoms with van der Waals surface area (Å²) < 4.78 is 6.12. The van der Waals surface area contributed by atoms with E-state index in [0.29, 0.717) is 16.9 Å². The second-order valence-corrected chi connectivity index (χ2v) is 9.24. The van der Waals surface area contributed by atoms with E-state index in [9.17, 15) is 14.7 Å². The van der Waals surface area contributed by atoms with Gasteiger partial charge in [-0.25, -0.2) is 0 Å². The van der Waals surface area contributed by atoms with Crippen molar-refractivity contribution in [2.24, 2.45) is 0 Å². The number of hydrogen-bond acceptors (Lipinski definition) is 5. The zero-order valence-corrected chi connectivity index (χ0v) is 18.7. The number of carbonyl (C=O) groups excluding carboxylic acids is 2. The van der Waals surface area contributed by atoms with Crippen LogP contribution in [0.5, 0.6) is 5.75 Å². The van der Waals surface area contributed by atoms with Crippen LogP contribution in [0, 0.1) is 0 Å². The Kier molecular flexibility index (Phi) is 4.05. The molecule has 2 heterocycles. The number of Topliss-reactive ketones (excluding diaryl/α,β-unsaturated/α-hetero) is 1. The second kappa shape index (κ2) is 6.71. The monoisotopic (exact) mass is 453 g/mol. The van der Waals surface area contributed by atoms with Crippen molar-refractivity contribution in [3.8, 4) is 5.75 Å². The first kappa shape index (κ1) is 20.5. The van der Waals surface area contributed by atoms with Crippen molar-refractivity contribution >= 4 is 28.3 Å². The van der Waals surface area contributed by atoms with E-state index in [0.717, 1.165) is 16.5 Å². The summed E-state index contributed by atoms with van der Waals surface area (Å²) in [4.78, 5) is 30.6. The topological polar surface area (TPSA) is 117 Å². The molecule has 7 heteroatoms. The van der Waals surface area contributed by atoms with Gasteiger partial charge in [-0.15, -0.1) is 0 Å². The number of aliphatic hydroxyl groups is 1. The van der Waals surface area contributed by atoms with Gasteiger partial charge in [0.15, 0.2) is 0 Å². The molecule has 1 aliphatic carbocycles.